The van der Waals surface area contributed by atoms with Gasteiger partial charge in [0, 0.05) is 13.6 Å². The highest BCUT2D eigenvalue weighted by atomic mass is 19.1. The normalized spacial score (nSPS) is 11.1. The minimum absolute atomic E-state index is 0.288. The van der Waals surface area contributed by atoms with E-state index in [-0.39, 0.29) is 11.3 Å². The van der Waals surface area contributed by atoms with Gasteiger partial charge in [0.15, 0.2) is 11.2 Å². The van der Waals surface area contributed by atoms with E-state index in [0.717, 1.165) is 0 Å². The largest absolute Gasteiger partial charge is 0.329 e. The second-order valence-corrected chi connectivity index (χ2v) is 4.49. The maximum absolute atomic E-state index is 13.2. The molecule has 0 aliphatic carbocycles. The van der Waals surface area contributed by atoms with Crippen molar-refractivity contribution in [2.75, 3.05) is 0 Å². The Morgan fingerprint density at radius 3 is 2.90 bits per heavy atom. The molecule has 7 heteroatoms. The highest BCUT2D eigenvalue weighted by molar-refractivity contribution is 5.69. The smallest absolute Gasteiger partial charge is 0.320 e. The fourth-order valence-electron chi connectivity index (χ4n) is 2.14. The summed E-state index contributed by atoms with van der Waals surface area (Å²) in [6, 6.07) is 6.10. The molecule has 0 fully saturated rings. The van der Waals surface area contributed by atoms with Crippen LogP contribution in [-0.2, 0) is 13.6 Å². The second kappa shape index (κ2) is 4.44. The van der Waals surface area contributed by atoms with Crippen molar-refractivity contribution in [3.8, 4) is 0 Å². The predicted octanol–water partition coefficient (Wildman–Crippen LogP) is 0.611. The van der Waals surface area contributed by atoms with Crippen LogP contribution in [0.25, 0.3) is 11.2 Å². The number of rotatable bonds is 2. The van der Waals surface area contributed by atoms with Crippen LogP contribution in [0.15, 0.2) is 40.2 Å². The lowest BCUT2D eigenvalue weighted by molar-refractivity contribution is 0.624. The van der Waals surface area contributed by atoms with Gasteiger partial charge in [-0.2, -0.15) is 0 Å². The number of halogens is 1. The van der Waals surface area contributed by atoms with Crippen molar-refractivity contribution in [3.05, 3.63) is 62.8 Å². The third-order valence-corrected chi connectivity index (χ3v) is 3.12. The molecule has 0 bridgehead atoms. The highest BCUT2D eigenvalue weighted by Crippen LogP contribution is 2.10. The molecule has 6 nitrogen and oxygen atoms in total. The average Bonchev–Trinajstić information content (AvgIpc) is 2.80. The number of nitrogens with zero attached hydrogens (tertiary/aromatic N) is 3. The van der Waals surface area contributed by atoms with Crippen molar-refractivity contribution >= 4 is 11.2 Å². The lowest BCUT2D eigenvalue weighted by Crippen LogP contribution is -2.29. The molecule has 0 saturated heterocycles. The Hall–Kier alpha value is -2.70. The van der Waals surface area contributed by atoms with Gasteiger partial charge in [-0.3, -0.25) is 14.3 Å². The topological polar surface area (TPSA) is 72.7 Å². The monoisotopic (exact) mass is 274 g/mol. The number of nitrogens with one attached hydrogen (secondary N) is 1. The molecule has 3 aromatic rings. The molecule has 0 spiro atoms. The summed E-state index contributed by atoms with van der Waals surface area (Å²) in [5.41, 5.74) is 0.277. The van der Waals surface area contributed by atoms with Gasteiger partial charge in [-0.25, -0.2) is 14.2 Å². The van der Waals surface area contributed by atoms with Crippen LogP contribution in [-0.4, -0.2) is 19.1 Å². The number of hydrogen-bond acceptors (Lipinski definition) is 3. The summed E-state index contributed by atoms with van der Waals surface area (Å²) in [5, 5.41) is 0. The van der Waals surface area contributed by atoms with Gasteiger partial charge in [0.1, 0.15) is 5.82 Å². The molecule has 0 radical (unpaired) electrons. The maximum atomic E-state index is 13.2. The van der Waals surface area contributed by atoms with Gasteiger partial charge >= 0.3 is 5.69 Å². The summed E-state index contributed by atoms with van der Waals surface area (Å²) in [6.45, 7) is 0.301. The van der Waals surface area contributed by atoms with E-state index in [1.165, 1.54) is 30.1 Å². The Kier molecular flexibility index (Phi) is 2.74. The van der Waals surface area contributed by atoms with E-state index in [4.69, 9.17) is 0 Å². The lowest BCUT2D eigenvalue weighted by Gasteiger charge is -2.04. The molecule has 20 heavy (non-hydrogen) atoms. The standard InChI is InChI=1S/C13H11FN4O2/c1-17-11-10(12(19)16-13(17)20)18(7-15-11)6-8-3-2-4-9(14)5-8/h2-5,7H,6H2,1H3,(H,16,19,20). The fraction of sp³-hybridized carbons (Fsp3) is 0.154. The van der Waals surface area contributed by atoms with Crippen LogP contribution in [0.5, 0.6) is 0 Å². The summed E-state index contributed by atoms with van der Waals surface area (Å²) in [6.07, 6.45) is 1.46. The summed E-state index contributed by atoms with van der Waals surface area (Å²) in [5.74, 6) is -0.340. The van der Waals surface area contributed by atoms with Crippen LogP contribution in [0.2, 0.25) is 0 Å². The van der Waals surface area contributed by atoms with Crippen molar-refractivity contribution in [2.45, 2.75) is 6.54 Å². The Labute approximate surface area is 112 Å². The van der Waals surface area contributed by atoms with Crippen molar-refractivity contribution < 1.29 is 4.39 Å². The summed E-state index contributed by atoms with van der Waals surface area (Å²) in [4.78, 5) is 29.7. The molecule has 0 aliphatic heterocycles. The van der Waals surface area contributed by atoms with E-state index in [1.807, 2.05) is 0 Å². The zero-order chi connectivity index (χ0) is 14.3. The molecular formula is C13H11FN4O2. The number of H-pyrrole nitrogens is 1. The third kappa shape index (κ3) is 1.93. The minimum atomic E-state index is -0.515. The molecule has 2 heterocycles. The molecule has 102 valence electrons. The average molecular weight is 274 g/mol. The first kappa shape index (κ1) is 12.3. The molecule has 0 amide bonds. The third-order valence-electron chi connectivity index (χ3n) is 3.12. The fourth-order valence-corrected chi connectivity index (χ4v) is 2.14. The Bertz CT molecular complexity index is 907. The number of hydrogen-bond donors (Lipinski definition) is 1. The van der Waals surface area contributed by atoms with Gasteiger partial charge in [-0.1, -0.05) is 12.1 Å². The maximum Gasteiger partial charge on any atom is 0.329 e. The van der Waals surface area contributed by atoms with E-state index in [2.05, 4.69) is 9.97 Å². The summed E-state index contributed by atoms with van der Waals surface area (Å²) in [7, 11) is 1.53. The van der Waals surface area contributed by atoms with Crippen molar-refractivity contribution in [1.82, 2.24) is 19.1 Å². The van der Waals surface area contributed by atoms with E-state index < -0.39 is 11.2 Å². The van der Waals surface area contributed by atoms with E-state index in [9.17, 15) is 14.0 Å². The molecular weight excluding hydrogens is 263 g/mol. The first-order chi connectivity index (χ1) is 9.56. The molecule has 1 N–H and O–H groups in total. The van der Waals surface area contributed by atoms with Crippen LogP contribution in [0, 0.1) is 5.82 Å². The van der Waals surface area contributed by atoms with Gasteiger partial charge < -0.3 is 4.57 Å². The van der Waals surface area contributed by atoms with Gasteiger partial charge in [0.2, 0.25) is 0 Å². The van der Waals surface area contributed by atoms with Gasteiger partial charge in [0.05, 0.1) is 6.33 Å². The molecule has 0 unspecified atom stereocenters. The van der Waals surface area contributed by atoms with E-state index in [1.54, 1.807) is 16.7 Å². The number of aromatic nitrogens is 4. The van der Waals surface area contributed by atoms with E-state index in [0.29, 0.717) is 17.8 Å². The van der Waals surface area contributed by atoms with Crippen LogP contribution in [0.3, 0.4) is 0 Å². The van der Waals surface area contributed by atoms with Gasteiger partial charge in [-0.05, 0) is 17.7 Å². The Balaban J connectivity index is 2.16. The number of benzene rings is 1. The van der Waals surface area contributed by atoms with Gasteiger partial charge in [-0.15, -0.1) is 0 Å². The number of aryl methyl sites for hydroxylation is 1. The Morgan fingerprint density at radius 1 is 1.35 bits per heavy atom. The Morgan fingerprint density at radius 2 is 2.15 bits per heavy atom. The zero-order valence-electron chi connectivity index (χ0n) is 10.6. The number of aromatic amines is 1. The molecule has 1 aromatic carbocycles. The van der Waals surface area contributed by atoms with Crippen LogP contribution in [0.4, 0.5) is 4.39 Å². The molecule has 0 aliphatic rings. The molecule has 3 rings (SSSR count). The van der Waals surface area contributed by atoms with Crippen LogP contribution in [0.1, 0.15) is 5.56 Å². The first-order valence-corrected chi connectivity index (χ1v) is 5.95. The summed E-state index contributed by atoms with van der Waals surface area (Å²) >= 11 is 0. The second-order valence-electron chi connectivity index (χ2n) is 4.49. The zero-order valence-corrected chi connectivity index (χ0v) is 10.6. The first-order valence-electron chi connectivity index (χ1n) is 5.95. The van der Waals surface area contributed by atoms with Crippen molar-refractivity contribution in [1.29, 1.82) is 0 Å². The number of fused-ring (bicyclic) bond motifs is 1. The molecule has 0 saturated carbocycles. The summed E-state index contributed by atoms with van der Waals surface area (Å²) < 4.78 is 16.0. The van der Waals surface area contributed by atoms with Crippen molar-refractivity contribution in [2.24, 2.45) is 7.05 Å². The predicted molar refractivity (Wildman–Crippen MR) is 71.1 cm³/mol. The highest BCUT2D eigenvalue weighted by Gasteiger charge is 2.11. The lowest BCUT2D eigenvalue weighted by atomic mass is 10.2. The minimum Gasteiger partial charge on any atom is -0.320 e. The number of imidazole rings is 1. The van der Waals surface area contributed by atoms with Crippen LogP contribution >= 0.6 is 0 Å². The van der Waals surface area contributed by atoms with Crippen LogP contribution < -0.4 is 11.2 Å². The SMILES string of the molecule is Cn1c(=O)[nH]c(=O)c2c1ncn2Cc1cccc(F)c1. The quantitative estimate of drug-likeness (QED) is 0.744. The van der Waals surface area contributed by atoms with Crippen molar-refractivity contribution in [3.63, 3.8) is 0 Å². The van der Waals surface area contributed by atoms with E-state index >= 15 is 0 Å². The molecule has 2 aromatic heterocycles. The van der Waals surface area contributed by atoms with Gasteiger partial charge in [0.25, 0.3) is 5.56 Å². The molecule has 0 atom stereocenters.